The lowest BCUT2D eigenvalue weighted by Crippen LogP contribution is -2.52. The molecule has 1 amide bonds. The average Bonchev–Trinajstić information content (AvgIpc) is 1.86. The minimum atomic E-state index is 0.0113. The molecule has 0 unspecified atom stereocenters. The standard InChI is InChI=1S/C7H13NO3/c1-11-5-7(10)8-2-6(3-8)4-9/h6,9H,2-5H2,1H3. The molecule has 1 aliphatic heterocycles. The van der Waals surface area contributed by atoms with Gasteiger partial charge in [0.1, 0.15) is 6.61 Å². The number of likely N-dealkylation sites (tertiary alicyclic amines) is 1. The largest absolute Gasteiger partial charge is 0.396 e. The van der Waals surface area contributed by atoms with Gasteiger partial charge in [0.15, 0.2) is 0 Å². The predicted molar refractivity (Wildman–Crippen MR) is 39.0 cm³/mol. The number of ether oxygens (including phenoxy) is 1. The maximum absolute atomic E-state index is 11.0. The fraction of sp³-hybridized carbons (Fsp3) is 0.857. The van der Waals surface area contributed by atoms with E-state index in [1.165, 1.54) is 7.11 Å². The lowest BCUT2D eigenvalue weighted by molar-refractivity contribution is -0.142. The highest BCUT2D eigenvalue weighted by Crippen LogP contribution is 2.13. The first-order valence-electron chi connectivity index (χ1n) is 3.65. The number of carbonyl (C=O) groups excluding carboxylic acids is 1. The lowest BCUT2D eigenvalue weighted by Gasteiger charge is -2.38. The summed E-state index contributed by atoms with van der Waals surface area (Å²) in [6.07, 6.45) is 0. The predicted octanol–water partition coefficient (Wildman–Crippen LogP) is -0.917. The second kappa shape index (κ2) is 3.69. The van der Waals surface area contributed by atoms with E-state index >= 15 is 0 Å². The minimum absolute atomic E-state index is 0.0113. The zero-order valence-corrected chi connectivity index (χ0v) is 6.62. The topological polar surface area (TPSA) is 49.8 Å². The second-order valence-corrected chi connectivity index (χ2v) is 2.78. The first-order chi connectivity index (χ1) is 5.27. The van der Waals surface area contributed by atoms with Gasteiger partial charge >= 0.3 is 0 Å². The maximum Gasteiger partial charge on any atom is 0.248 e. The summed E-state index contributed by atoms with van der Waals surface area (Å²) in [6.45, 7) is 1.69. The molecule has 11 heavy (non-hydrogen) atoms. The Kier molecular flexibility index (Phi) is 2.84. The Labute approximate surface area is 65.8 Å². The molecule has 0 aromatic heterocycles. The van der Waals surface area contributed by atoms with E-state index in [2.05, 4.69) is 4.74 Å². The van der Waals surface area contributed by atoms with Crippen molar-refractivity contribution in [2.75, 3.05) is 33.4 Å². The number of aliphatic hydroxyl groups is 1. The van der Waals surface area contributed by atoms with Gasteiger partial charge in [-0.15, -0.1) is 0 Å². The SMILES string of the molecule is COCC(=O)N1CC(CO)C1. The Balaban J connectivity index is 2.16. The molecule has 4 heteroatoms. The van der Waals surface area contributed by atoms with E-state index in [4.69, 9.17) is 5.11 Å². The van der Waals surface area contributed by atoms with Crippen LogP contribution in [0.2, 0.25) is 0 Å². The highest BCUT2D eigenvalue weighted by molar-refractivity contribution is 5.78. The van der Waals surface area contributed by atoms with Gasteiger partial charge in [0.05, 0.1) is 0 Å². The Bertz CT molecular complexity index is 143. The Morgan fingerprint density at radius 1 is 1.73 bits per heavy atom. The van der Waals surface area contributed by atoms with Crippen LogP contribution >= 0.6 is 0 Å². The van der Waals surface area contributed by atoms with Gasteiger partial charge in [0, 0.05) is 32.7 Å². The molecule has 1 aliphatic rings. The molecule has 0 saturated carbocycles. The summed E-state index contributed by atoms with van der Waals surface area (Å²) in [5.41, 5.74) is 0. The van der Waals surface area contributed by atoms with Gasteiger partial charge in [-0.2, -0.15) is 0 Å². The van der Waals surface area contributed by atoms with E-state index in [1.54, 1.807) is 4.90 Å². The van der Waals surface area contributed by atoms with Gasteiger partial charge in [-0.1, -0.05) is 0 Å². The molecule has 0 bridgehead atoms. The summed E-state index contributed by atoms with van der Waals surface area (Å²) in [5, 5.41) is 8.65. The zero-order valence-electron chi connectivity index (χ0n) is 6.62. The average molecular weight is 159 g/mol. The van der Waals surface area contributed by atoms with Crippen molar-refractivity contribution < 1.29 is 14.6 Å². The van der Waals surface area contributed by atoms with Gasteiger partial charge in [-0.3, -0.25) is 4.79 Å². The van der Waals surface area contributed by atoms with Crippen LogP contribution in [0.4, 0.5) is 0 Å². The summed E-state index contributed by atoms with van der Waals surface area (Å²) >= 11 is 0. The van der Waals surface area contributed by atoms with Crippen LogP contribution in [0.3, 0.4) is 0 Å². The molecule has 0 spiro atoms. The molecule has 4 nitrogen and oxygen atoms in total. The number of hydrogen-bond donors (Lipinski definition) is 1. The van der Waals surface area contributed by atoms with E-state index in [0.29, 0.717) is 13.1 Å². The highest BCUT2D eigenvalue weighted by Gasteiger charge is 2.29. The van der Waals surface area contributed by atoms with Crippen molar-refractivity contribution >= 4 is 5.91 Å². The van der Waals surface area contributed by atoms with E-state index in [1.807, 2.05) is 0 Å². The first-order valence-corrected chi connectivity index (χ1v) is 3.65. The van der Waals surface area contributed by atoms with Gasteiger partial charge in [0.2, 0.25) is 5.91 Å². The van der Waals surface area contributed by atoms with Crippen molar-refractivity contribution in [1.82, 2.24) is 4.90 Å². The second-order valence-electron chi connectivity index (χ2n) is 2.78. The molecule has 64 valence electrons. The third-order valence-electron chi connectivity index (χ3n) is 1.84. The van der Waals surface area contributed by atoms with Crippen molar-refractivity contribution in [2.45, 2.75) is 0 Å². The van der Waals surface area contributed by atoms with Crippen LogP contribution in [0, 0.1) is 5.92 Å². The summed E-state index contributed by atoms with van der Waals surface area (Å²) < 4.78 is 4.68. The van der Waals surface area contributed by atoms with Crippen LogP contribution in [-0.4, -0.2) is 49.3 Å². The summed E-state index contributed by atoms with van der Waals surface area (Å²) in [6, 6.07) is 0. The molecular weight excluding hydrogens is 146 g/mol. The summed E-state index contributed by atoms with van der Waals surface area (Å²) in [7, 11) is 1.50. The van der Waals surface area contributed by atoms with Crippen molar-refractivity contribution in [3.05, 3.63) is 0 Å². The van der Waals surface area contributed by atoms with Crippen LogP contribution in [0.1, 0.15) is 0 Å². The Morgan fingerprint density at radius 3 is 2.82 bits per heavy atom. The van der Waals surface area contributed by atoms with E-state index < -0.39 is 0 Å². The third-order valence-corrected chi connectivity index (χ3v) is 1.84. The number of rotatable bonds is 3. The number of aliphatic hydroxyl groups excluding tert-OH is 1. The number of nitrogens with zero attached hydrogens (tertiary/aromatic N) is 1. The van der Waals surface area contributed by atoms with Crippen LogP contribution < -0.4 is 0 Å². The molecule has 1 heterocycles. The number of amides is 1. The van der Waals surface area contributed by atoms with Gasteiger partial charge in [-0.25, -0.2) is 0 Å². The molecular formula is C7H13NO3. The van der Waals surface area contributed by atoms with Crippen LogP contribution in [0.25, 0.3) is 0 Å². The zero-order chi connectivity index (χ0) is 8.27. The van der Waals surface area contributed by atoms with Gasteiger partial charge < -0.3 is 14.7 Å². The van der Waals surface area contributed by atoms with E-state index in [0.717, 1.165) is 0 Å². The number of carbonyl (C=O) groups is 1. The summed E-state index contributed by atoms with van der Waals surface area (Å²) in [5.74, 6) is 0.299. The normalized spacial score (nSPS) is 18.2. The monoisotopic (exact) mass is 159 g/mol. The first kappa shape index (κ1) is 8.49. The molecule has 1 N–H and O–H groups in total. The van der Waals surface area contributed by atoms with Crippen LogP contribution in [0.5, 0.6) is 0 Å². The smallest absolute Gasteiger partial charge is 0.248 e. The summed E-state index contributed by atoms with van der Waals surface area (Å²) in [4.78, 5) is 12.7. The molecule has 1 fully saturated rings. The minimum Gasteiger partial charge on any atom is -0.396 e. The van der Waals surface area contributed by atoms with Crippen molar-refractivity contribution in [3.63, 3.8) is 0 Å². The van der Waals surface area contributed by atoms with E-state index in [-0.39, 0.29) is 25.0 Å². The Hall–Kier alpha value is -0.610. The van der Waals surface area contributed by atoms with Gasteiger partial charge in [0.25, 0.3) is 0 Å². The molecule has 0 aromatic rings. The van der Waals surface area contributed by atoms with Crippen LogP contribution in [0.15, 0.2) is 0 Å². The Morgan fingerprint density at radius 2 is 2.36 bits per heavy atom. The van der Waals surface area contributed by atoms with Crippen molar-refractivity contribution in [1.29, 1.82) is 0 Å². The lowest BCUT2D eigenvalue weighted by atomic mass is 10.0. The molecule has 0 aliphatic carbocycles. The third kappa shape index (κ3) is 1.91. The van der Waals surface area contributed by atoms with Gasteiger partial charge in [-0.05, 0) is 0 Å². The maximum atomic E-state index is 11.0. The molecule has 1 saturated heterocycles. The van der Waals surface area contributed by atoms with Crippen molar-refractivity contribution in [3.8, 4) is 0 Å². The molecule has 0 radical (unpaired) electrons. The molecule has 0 aromatic carbocycles. The quantitative estimate of drug-likeness (QED) is 0.579. The fourth-order valence-corrected chi connectivity index (χ4v) is 1.10. The molecule has 0 atom stereocenters. The number of methoxy groups -OCH3 is 1. The fourth-order valence-electron chi connectivity index (χ4n) is 1.10. The van der Waals surface area contributed by atoms with Crippen LogP contribution in [-0.2, 0) is 9.53 Å². The van der Waals surface area contributed by atoms with E-state index in [9.17, 15) is 4.79 Å². The molecule has 1 rings (SSSR count). The van der Waals surface area contributed by atoms with Crippen molar-refractivity contribution in [2.24, 2.45) is 5.92 Å². The number of hydrogen-bond acceptors (Lipinski definition) is 3. The highest BCUT2D eigenvalue weighted by atomic mass is 16.5.